The molecule has 1 aliphatic carbocycles. The van der Waals surface area contributed by atoms with Gasteiger partial charge in [0.2, 0.25) is 5.91 Å². The predicted octanol–water partition coefficient (Wildman–Crippen LogP) is 1.98. The average molecular weight is 374 g/mol. The molecule has 1 saturated heterocycles. The van der Waals surface area contributed by atoms with E-state index in [2.05, 4.69) is 9.71 Å². The molecule has 26 heavy (non-hydrogen) atoms. The number of hydrogen-bond donors (Lipinski definition) is 1. The van der Waals surface area contributed by atoms with Gasteiger partial charge in [0, 0.05) is 24.5 Å². The Balaban J connectivity index is 1.47. The highest BCUT2D eigenvalue weighted by molar-refractivity contribution is 7.90. The molecule has 1 aromatic heterocycles. The second-order valence-corrected chi connectivity index (χ2v) is 8.53. The number of carbonyl (C=O) groups is 1. The quantitative estimate of drug-likeness (QED) is 0.887. The minimum Gasteiger partial charge on any atom is -0.337 e. The summed E-state index contributed by atoms with van der Waals surface area (Å²) in [6.45, 7) is 0.653. The normalized spacial score (nSPS) is 20.0. The number of rotatable bonds is 4. The van der Waals surface area contributed by atoms with Crippen LogP contribution in [-0.4, -0.2) is 54.2 Å². The summed E-state index contributed by atoms with van der Waals surface area (Å²) in [5, 5.41) is 0.941. The number of amides is 1. The van der Waals surface area contributed by atoms with Crippen molar-refractivity contribution in [2.45, 2.75) is 31.7 Å². The number of benzene rings is 1. The van der Waals surface area contributed by atoms with Gasteiger partial charge in [-0.3, -0.25) is 9.52 Å². The molecule has 1 N–H and O–H groups in total. The average Bonchev–Trinajstić information content (AvgIpc) is 3.15. The molecule has 1 aromatic carbocycles. The fourth-order valence-electron chi connectivity index (χ4n) is 3.79. The highest BCUT2D eigenvalue weighted by Crippen LogP contribution is 2.25. The number of piperazine rings is 1. The highest BCUT2D eigenvalue weighted by atomic mass is 32.2. The Morgan fingerprint density at radius 2 is 1.81 bits per heavy atom. The predicted molar refractivity (Wildman–Crippen MR) is 99.8 cm³/mol. The SMILES string of the molecule is O=C1CN(S(=O)(=O)Nc2ccc3ccccc3n2)CCN1C1CCCC1. The van der Waals surface area contributed by atoms with Crippen molar-refractivity contribution in [3.05, 3.63) is 36.4 Å². The first kappa shape index (κ1) is 17.2. The number of carbonyl (C=O) groups excluding carboxylic acids is 1. The van der Waals surface area contributed by atoms with E-state index in [1.54, 1.807) is 6.07 Å². The van der Waals surface area contributed by atoms with Gasteiger partial charge >= 0.3 is 10.2 Å². The summed E-state index contributed by atoms with van der Waals surface area (Å²) in [7, 11) is -3.81. The molecule has 0 atom stereocenters. The fourth-order valence-corrected chi connectivity index (χ4v) is 4.90. The molecular weight excluding hydrogens is 352 g/mol. The molecule has 1 amide bonds. The number of nitrogens with zero attached hydrogens (tertiary/aromatic N) is 3. The van der Waals surface area contributed by atoms with E-state index in [1.165, 1.54) is 4.31 Å². The minimum absolute atomic E-state index is 0.111. The van der Waals surface area contributed by atoms with Crippen molar-refractivity contribution in [3.63, 3.8) is 0 Å². The molecule has 0 bridgehead atoms. The van der Waals surface area contributed by atoms with E-state index < -0.39 is 10.2 Å². The van der Waals surface area contributed by atoms with Crippen LogP contribution in [0.5, 0.6) is 0 Å². The lowest BCUT2D eigenvalue weighted by molar-refractivity contribution is -0.136. The molecule has 0 spiro atoms. The monoisotopic (exact) mass is 374 g/mol. The highest BCUT2D eigenvalue weighted by Gasteiger charge is 2.35. The summed E-state index contributed by atoms with van der Waals surface area (Å²) in [6.07, 6.45) is 4.34. The van der Waals surface area contributed by atoms with Crippen LogP contribution in [0, 0.1) is 0 Å². The summed E-state index contributed by atoms with van der Waals surface area (Å²) in [6, 6.07) is 11.2. The van der Waals surface area contributed by atoms with E-state index in [0.717, 1.165) is 36.6 Å². The van der Waals surface area contributed by atoms with E-state index in [4.69, 9.17) is 0 Å². The number of nitrogens with one attached hydrogen (secondary N) is 1. The van der Waals surface area contributed by atoms with Crippen LogP contribution in [0.25, 0.3) is 10.9 Å². The first-order valence-electron chi connectivity index (χ1n) is 8.96. The van der Waals surface area contributed by atoms with Gasteiger partial charge in [0.05, 0.1) is 12.1 Å². The van der Waals surface area contributed by atoms with E-state index in [0.29, 0.717) is 13.1 Å². The summed E-state index contributed by atoms with van der Waals surface area (Å²) in [5.41, 5.74) is 0.717. The summed E-state index contributed by atoms with van der Waals surface area (Å²) < 4.78 is 29.0. The van der Waals surface area contributed by atoms with Crippen LogP contribution in [0.2, 0.25) is 0 Å². The Labute approximate surface area is 153 Å². The maximum Gasteiger partial charge on any atom is 0.303 e. The van der Waals surface area contributed by atoms with Crippen molar-refractivity contribution in [3.8, 4) is 0 Å². The van der Waals surface area contributed by atoms with E-state index >= 15 is 0 Å². The lowest BCUT2D eigenvalue weighted by atomic mass is 10.2. The van der Waals surface area contributed by atoms with Crippen LogP contribution in [0.4, 0.5) is 5.82 Å². The molecule has 138 valence electrons. The molecule has 2 fully saturated rings. The molecule has 7 nitrogen and oxygen atoms in total. The zero-order chi connectivity index (χ0) is 18.1. The molecule has 1 saturated carbocycles. The summed E-state index contributed by atoms with van der Waals surface area (Å²) in [4.78, 5) is 18.6. The van der Waals surface area contributed by atoms with Crippen LogP contribution in [0.1, 0.15) is 25.7 Å². The molecule has 2 aromatic rings. The zero-order valence-electron chi connectivity index (χ0n) is 14.5. The van der Waals surface area contributed by atoms with Crippen molar-refractivity contribution in [1.82, 2.24) is 14.2 Å². The van der Waals surface area contributed by atoms with Crippen molar-refractivity contribution < 1.29 is 13.2 Å². The van der Waals surface area contributed by atoms with Gasteiger partial charge in [-0.05, 0) is 31.0 Å². The topological polar surface area (TPSA) is 82.6 Å². The Kier molecular flexibility index (Phi) is 4.54. The van der Waals surface area contributed by atoms with Gasteiger partial charge in [0.25, 0.3) is 0 Å². The Morgan fingerprint density at radius 3 is 2.58 bits per heavy atom. The van der Waals surface area contributed by atoms with E-state index in [-0.39, 0.29) is 24.3 Å². The van der Waals surface area contributed by atoms with Crippen LogP contribution in [0.3, 0.4) is 0 Å². The minimum atomic E-state index is -3.81. The van der Waals surface area contributed by atoms with E-state index in [9.17, 15) is 13.2 Å². The third kappa shape index (κ3) is 3.39. The van der Waals surface area contributed by atoms with Gasteiger partial charge in [-0.25, -0.2) is 4.98 Å². The zero-order valence-corrected chi connectivity index (χ0v) is 15.3. The maximum absolute atomic E-state index is 12.7. The maximum atomic E-state index is 12.7. The fraction of sp³-hybridized carbons (Fsp3) is 0.444. The third-order valence-corrected chi connectivity index (χ3v) is 6.62. The van der Waals surface area contributed by atoms with E-state index in [1.807, 2.05) is 35.2 Å². The second kappa shape index (κ2) is 6.85. The van der Waals surface area contributed by atoms with Gasteiger partial charge in [-0.15, -0.1) is 0 Å². The number of aromatic nitrogens is 1. The van der Waals surface area contributed by atoms with Crippen molar-refractivity contribution in [2.75, 3.05) is 24.4 Å². The van der Waals surface area contributed by atoms with Gasteiger partial charge in [-0.2, -0.15) is 12.7 Å². The van der Waals surface area contributed by atoms with Crippen molar-refractivity contribution in [2.24, 2.45) is 0 Å². The van der Waals surface area contributed by atoms with Crippen molar-refractivity contribution >= 4 is 32.8 Å². The Bertz CT molecular complexity index is 925. The van der Waals surface area contributed by atoms with Gasteiger partial charge in [0.1, 0.15) is 5.82 Å². The second-order valence-electron chi connectivity index (χ2n) is 6.86. The first-order valence-corrected chi connectivity index (χ1v) is 10.4. The first-order chi connectivity index (χ1) is 12.5. The summed E-state index contributed by atoms with van der Waals surface area (Å²) in [5.74, 6) is 0.148. The number of para-hydroxylation sites is 1. The molecule has 2 aliphatic rings. The molecule has 0 unspecified atom stereocenters. The Hall–Kier alpha value is -2.19. The number of fused-ring (bicyclic) bond motifs is 1. The van der Waals surface area contributed by atoms with Crippen LogP contribution >= 0.6 is 0 Å². The van der Waals surface area contributed by atoms with Crippen molar-refractivity contribution in [1.29, 1.82) is 0 Å². The third-order valence-electron chi connectivity index (χ3n) is 5.16. The number of hydrogen-bond acceptors (Lipinski definition) is 4. The van der Waals surface area contributed by atoms with Gasteiger partial charge in [-0.1, -0.05) is 31.0 Å². The standard InChI is InChI=1S/C18H22N4O3S/c23-18-13-21(11-12-22(18)15-6-2-3-7-15)26(24,25)20-17-10-9-14-5-1-4-8-16(14)19-17/h1,4-5,8-10,15H,2-3,6-7,11-13H2,(H,19,20). The molecule has 4 rings (SSSR count). The largest absolute Gasteiger partial charge is 0.337 e. The number of pyridine rings is 1. The molecule has 1 aliphatic heterocycles. The number of anilines is 1. The Morgan fingerprint density at radius 1 is 1.04 bits per heavy atom. The lowest BCUT2D eigenvalue weighted by Crippen LogP contribution is -2.55. The van der Waals surface area contributed by atoms with Gasteiger partial charge in [0.15, 0.2) is 0 Å². The molecule has 2 heterocycles. The molecule has 8 heteroatoms. The summed E-state index contributed by atoms with van der Waals surface area (Å²) >= 11 is 0. The van der Waals surface area contributed by atoms with Gasteiger partial charge < -0.3 is 4.90 Å². The van der Waals surface area contributed by atoms with Crippen LogP contribution in [0.15, 0.2) is 36.4 Å². The smallest absolute Gasteiger partial charge is 0.303 e. The molecular formula is C18H22N4O3S. The molecule has 0 radical (unpaired) electrons. The van der Waals surface area contributed by atoms with Crippen LogP contribution < -0.4 is 4.72 Å². The lowest BCUT2D eigenvalue weighted by Gasteiger charge is -2.37. The van der Waals surface area contributed by atoms with Crippen LogP contribution in [-0.2, 0) is 15.0 Å².